The van der Waals surface area contributed by atoms with Crippen LogP contribution in [0.25, 0.3) is 11.3 Å². The molecule has 1 aromatic carbocycles. The largest absolute Gasteiger partial charge is 0.384 e. The Morgan fingerprint density at radius 2 is 1.93 bits per heavy atom. The molecule has 0 radical (unpaired) electrons. The number of aryl methyl sites for hydroxylation is 3. The second kappa shape index (κ2) is 8.03. The van der Waals surface area contributed by atoms with Crippen LogP contribution in [0.2, 0.25) is 0 Å². The fourth-order valence-corrected chi connectivity index (χ4v) is 2.94. The Hall–Kier alpha value is -3.49. The first-order valence-corrected chi connectivity index (χ1v) is 8.82. The van der Waals surface area contributed by atoms with Crippen LogP contribution >= 0.6 is 0 Å². The standard InChI is InChI=1S/C19H22FN7O/c1-11-6-12(2)27(26-11)5-3-4-23-18(28)14-7-13(8-15(20)9-14)16-10-17(21)25-19(22)24-16/h6-10H,3-5H2,1-2H3,(H,23,28)(H4,21,22,24,25). The van der Waals surface area contributed by atoms with E-state index in [0.29, 0.717) is 30.8 Å². The molecule has 28 heavy (non-hydrogen) atoms. The molecule has 0 aliphatic carbocycles. The van der Waals surface area contributed by atoms with E-state index < -0.39 is 5.82 Å². The Labute approximate surface area is 161 Å². The highest BCUT2D eigenvalue weighted by Gasteiger charge is 2.12. The van der Waals surface area contributed by atoms with E-state index in [9.17, 15) is 9.18 Å². The molecule has 2 aromatic heterocycles. The molecule has 0 saturated carbocycles. The number of nitrogens with two attached hydrogens (primary N) is 2. The van der Waals surface area contributed by atoms with Gasteiger partial charge in [0.1, 0.15) is 11.6 Å². The summed E-state index contributed by atoms with van der Waals surface area (Å²) >= 11 is 0. The van der Waals surface area contributed by atoms with Gasteiger partial charge in [-0.05, 0) is 44.5 Å². The SMILES string of the molecule is Cc1cc(C)n(CCCNC(=O)c2cc(F)cc(-c3cc(N)nc(N)n3)c2)n1. The predicted molar refractivity (Wildman–Crippen MR) is 105 cm³/mol. The Bertz CT molecular complexity index is 995. The lowest BCUT2D eigenvalue weighted by Gasteiger charge is -2.09. The minimum absolute atomic E-state index is 0.0191. The maximum absolute atomic E-state index is 14.0. The fourth-order valence-electron chi connectivity index (χ4n) is 2.94. The number of nitrogens with one attached hydrogen (secondary N) is 1. The molecule has 0 saturated heterocycles. The lowest BCUT2D eigenvalue weighted by atomic mass is 10.1. The van der Waals surface area contributed by atoms with Crippen LogP contribution in [0.3, 0.4) is 0 Å². The summed E-state index contributed by atoms with van der Waals surface area (Å²) in [5.41, 5.74) is 14.2. The van der Waals surface area contributed by atoms with Crippen molar-refractivity contribution in [1.82, 2.24) is 25.1 Å². The van der Waals surface area contributed by atoms with Crippen molar-refractivity contribution in [3.63, 3.8) is 0 Å². The van der Waals surface area contributed by atoms with E-state index in [-0.39, 0.29) is 23.2 Å². The number of nitrogens with zero attached hydrogens (tertiary/aromatic N) is 4. The summed E-state index contributed by atoms with van der Waals surface area (Å²) in [5.74, 6) is -0.776. The number of hydrogen-bond acceptors (Lipinski definition) is 6. The zero-order valence-electron chi connectivity index (χ0n) is 15.7. The monoisotopic (exact) mass is 383 g/mol. The van der Waals surface area contributed by atoms with Crippen LogP contribution in [0, 0.1) is 19.7 Å². The molecule has 2 heterocycles. The van der Waals surface area contributed by atoms with E-state index in [1.807, 2.05) is 24.6 Å². The predicted octanol–water partition coefficient (Wildman–Crippen LogP) is 2.08. The molecular formula is C19H22FN7O. The number of carbonyl (C=O) groups is 1. The van der Waals surface area contributed by atoms with Crippen molar-refractivity contribution in [3.05, 3.63) is 53.1 Å². The van der Waals surface area contributed by atoms with Gasteiger partial charge in [-0.2, -0.15) is 10.1 Å². The summed E-state index contributed by atoms with van der Waals surface area (Å²) in [6.45, 7) is 5.05. The zero-order chi connectivity index (χ0) is 20.3. The first-order chi connectivity index (χ1) is 13.3. The molecule has 0 spiro atoms. The number of benzene rings is 1. The van der Waals surface area contributed by atoms with Crippen LogP contribution in [-0.2, 0) is 6.54 Å². The van der Waals surface area contributed by atoms with Crippen molar-refractivity contribution in [2.75, 3.05) is 18.0 Å². The van der Waals surface area contributed by atoms with Crippen molar-refractivity contribution >= 4 is 17.7 Å². The molecule has 9 heteroatoms. The summed E-state index contributed by atoms with van der Waals surface area (Å²) in [4.78, 5) is 20.2. The van der Waals surface area contributed by atoms with Crippen LogP contribution in [0.15, 0.2) is 30.3 Å². The summed E-state index contributed by atoms with van der Waals surface area (Å²) in [5, 5.41) is 7.17. The highest BCUT2D eigenvalue weighted by molar-refractivity contribution is 5.95. The number of rotatable bonds is 6. The molecule has 3 rings (SSSR count). The van der Waals surface area contributed by atoms with Crippen molar-refractivity contribution in [3.8, 4) is 11.3 Å². The molecule has 5 N–H and O–H groups in total. The quantitative estimate of drug-likeness (QED) is 0.560. The van der Waals surface area contributed by atoms with E-state index in [4.69, 9.17) is 11.5 Å². The van der Waals surface area contributed by atoms with E-state index in [2.05, 4.69) is 20.4 Å². The Kier molecular flexibility index (Phi) is 5.53. The van der Waals surface area contributed by atoms with Gasteiger partial charge in [-0.1, -0.05) is 0 Å². The van der Waals surface area contributed by atoms with Gasteiger partial charge in [0.25, 0.3) is 5.91 Å². The molecule has 0 atom stereocenters. The smallest absolute Gasteiger partial charge is 0.251 e. The highest BCUT2D eigenvalue weighted by Crippen LogP contribution is 2.22. The van der Waals surface area contributed by atoms with Crippen LogP contribution < -0.4 is 16.8 Å². The Morgan fingerprint density at radius 3 is 2.61 bits per heavy atom. The molecule has 8 nitrogen and oxygen atoms in total. The first-order valence-electron chi connectivity index (χ1n) is 8.82. The van der Waals surface area contributed by atoms with Crippen LogP contribution in [0.1, 0.15) is 28.2 Å². The van der Waals surface area contributed by atoms with Crippen molar-refractivity contribution in [2.24, 2.45) is 0 Å². The first kappa shape index (κ1) is 19.3. The molecule has 0 aliphatic rings. The van der Waals surface area contributed by atoms with Gasteiger partial charge in [0.05, 0.1) is 11.4 Å². The van der Waals surface area contributed by atoms with Crippen molar-refractivity contribution < 1.29 is 9.18 Å². The van der Waals surface area contributed by atoms with Crippen molar-refractivity contribution in [1.29, 1.82) is 0 Å². The second-order valence-electron chi connectivity index (χ2n) is 6.52. The summed E-state index contributed by atoms with van der Waals surface area (Å²) in [6.07, 6.45) is 0.703. The Balaban J connectivity index is 1.66. The van der Waals surface area contributed by atoms with Crippen LogP contribution in [-0.4, -0.2) is 32.2 Å². The zero-order valence-corrected chi connectivity index (χ0v) is 15.7. The van der Waals surface area contributed by atoms with E-state index >= 15 is 0 Å². The van der Waals surface area contributed by atoms with Gasteiger partial charge >= 0.3 is 0 Å². The van der Waals surface area contributed by atoms with Gasteiger partial charge in [0, 0.05) is 36.0 Å². The fraction of sp³-hybridized carbons (Fsp3) is 0.263. The van der Waals surface area contributed by atoms with Crippen LogP contribution in [0.5, 0.6) is 0 Å². The number of halogens is 1. The minimum atomic E-state index is -0.555. The van der Waals surface area contributed by atoms with Gasteiger partial charge in [-0.3, -0.25) is 9.48 Å². The number of nitrogen functional groups attached to an aromatic ring is 2. The van der Waals surface area contributed by atoms with Gasteiger partial charge in [-0.25, -0.2) is 9.37 Å². The molecule has 146 valence electrons. The van der Waals surface area contributed by atoms with Gasteiger partial charge in [0.2, 0.25) is 5.95 Å². The lowest BCUT2D eigenvalue weighted by Crippen LogP contribution is -2.25. The number of amides is 1. The third kappa shape index (κ3) is 4.61. The topological polar surface area (TPSA) is 125 Å². The second-order valence-corrected chi connectivity index (χ2v) is 6.52. The molecule has 0 aliphatic heterocycles. The number of aromatic nitrogens is 4. The average Bonchev–Trinajstić information content (AvgIpc) is 2.94. The van der Waals surface area contributed by atoms with E-state index in [1.165, 1.54) is 18.2 Å². The molecule has 1 amide bonds. The average molecular weight is 383 g/mol. The van der Waals surface area contributed by atoms with E-state index in [0.717, 1.165) is 11.4 Å². The Morgan fingerprint density at radius 1 is 1.14 bits per heavy atom. The maximum atomic E-state index is 14.0. The summed E-state index contributed by atoms with van der Waals surface area (Å²) in [6, 6.07) is 7.45. The molecule has 0 unspecified atom stereocenters. The van der Waals surface area contributed by atoms with Gasteiger partial charge in [-0.15, -0.1) is 0 Å². The third-order valence-electron chi connectivity index (χ3n) is 4.15. The van der Waals surface area contributed by atoms with Crippen LogP contribution in [0.4, 0.5) is 16.2 Å². The molecule has 0 fully saturated rings. The number of carbonyl (C=O) groups excluding carboxylic acids is 1. The maximum Gasteiger partial charge on any atom is 0.251 e. The molecule has 0 bridgehead atoms. The third-order valence-corrected chi connectivity index (χ3v) is 4.15. The summed E-state index contributed by atoms with van der Waals surface area (Å²) < 4.78 is 15.9. The minimum Gasteiger partial charge on any atom is -0.384 e. The summed E-state index contributed by atoms with van der Waals surface area (Å²) in [7, 11) is 0. The van der Waals surface area contributed by atoms with Crippen molar-refractivity contribution in [2.45, 2.75) is 26.8 Å². The van der Waals surface area contributed by atoms with Gasteiger partial charge < -0.3 is 16.8 Å². The highest BCUT2D eigenvalue weighted by atomic mass is 19.1. The van der Waals surface area contributed by atoms with Gasteiger partial charge in [0.15, 0.2) is 0 Å². The number of anilines is 2. The lowest BCUT2D eigenvalue weighted by molar-refractivity contribution is 0.0952. The molecular weight excluding hydrogens is 361 g/mol. The number of hydrogen-bond donors (Lipinski definition) is 3. The normalized spacial score (nSPS) is 10.8. The van der Waals surface area contributed by atoms with E-state index in [1.54, 1.807) is 6.07 Å². The molecule has 3 aromatic rings.